The minimum atomic E-state index is -3.78. The number of carbonyl (C=O) groups is 1. The Kier molecular flexibility index (Phi) is 5.86. The van der Waals surface area contributed by atoms with Gasteiger partial charge < -0.3 is 4.90 Å². The van der Waals surface area contributed by atoms with Gasteiger partial charge in [0, 0.05) is 19.6 Å². The molecule has 1 heterocycles. The Hall–Kier alpha value is -2.25. The number of benzene rings is 2. The van der Waals surface area contributed by atoms with Gasteiger partial charge in [0.15, 0.2) is 0 Å². The van der Waals surface area contributed by atoms with Crippen LogP contribution in [0.4, 0.5) is 10.1 Å². The summed E-state index contributed by atoms with van der Waals surface area (Å²) in [4.78, 5) is 14.7. The third-order valence-corrected chi connectivity index (χ3v) is 7.22. The highest BCUT2D eigenvalue weighted by Crippen LogP contribution is 2.32. The van der Waals surface area contributed by atoms with Crippen LogP contribution in [-0.4, -0.2) is 38.3 Å². The molecule has 1 amide bonds. The van der Waals surface area contributed by atoms with Gasteiger partial charge in [-0.15, -0.1) is 0 Å². The molecule has 0 aliphatic carbocycles. The molecule has 5 nitrogen and oxygen atoms in total. The number of hydrogen-bond acceptors (Lipinski definition) is 3. The summed E-state index contributed by atoms with van der Waals surface area (Å²) >= 11 is 0. The van der Waals surface area contributed by atoms with E-state index in [0.29, 0.717) is 19.6 Å². The van der Waals surface area contributed by atoms with E-state index in [4.69, 9.17) is 0 Å². The molecule has 0 unspecified atom stereocenters. The largest absolute Gasteiger partial charge is 0.308 e. The normalized spacial score (nSPS) is 14.2. The fourth-order valence-electron chi connectivity index (χ4n) is 3.74. The van der Waals surface area contributed by atoms with Crippen molar-refractivity contribution in [2.45, 2.75) is 38.5 Å². The first-order valence-electron chi connectivity index (χ1n) is 9.51. The van der Waals surface area contributed by atoms with Crippen molar-refractivity contribution in [2.24, 2.45) is 0 Å². The first kappa shape index (κ1) is 20.5. The zero-order valence-electron chi connectivity index (χ0n) is 16.4. The Morgan fingerprint density at radius 1 is 1.18 bits per heavy atom. The van der Waals surface area contributed by atoms with Crippen molar-refractivity contribution in [1.82, 2.24) is 4.31 Å². The Labute approximate surface area is 165 Å². The summed E-state index contributed by atoms with van der Waals surface area (Å²) in [5, 5.41) is 0. The van der Waals surface area contributed by atoms with Crippen molar-refractivity contribution in [1.29, 1.82) is 0 Å². The van der Waals surface area contributed by atoms with Gasteiger partial charge in [0.2, 0.25) is 10.0 Å². The van der Waals surface area contributed by atoms with E-state index in [1.54, 1.807) is 18.7 Å². The first-order valence-corrected chi connectivity index (χ1v) is 10.9. The molecular formula is C21H25FN2O3S. The number of amides is 1. The van der Waals surface area contributed by atoms with E-state index in [1.807, 2.05) is 25.1 Å². The van der Waals surface area contributed by atoms with Crippen molar-refractivity contribution < 1.29 is 17.6 Å². The number of anilines is 1. The van der Waals surface area contributed by atoms with Gasteiger partial charge in [-0.05, 0) is 49.1 Å². The summed E-state index contributed by atoms with van der Waals surface area (Å²) in [6.45, 7) is 6.48. The smallest absolute Gasteiger partial charge is 0.261 e. The molecule has 0 aromatic heterocycles. The summed E-state index contributed by atoms with van der Waals surface area (Å²) < 4.78 is 41.4. The number of aryl methyl sites for hydroxylation is 2. The maximum Gasteiger partial charge on any atom is 0.261 e. The molecule has 0 N–H and O–H groups in total. The van der Waals surface area contributed by atoms with Crippen molar-refractivity contribution in [3.63, 3.8) is 0 Å². The van der Waals surface area contributed by atoms with Crippen LogP contribution in [0.15, 0.2) is 41.3 Å². The first-order chi connectivity index (χ1) is 13.3. The number of carbonyl (C=O) groups excluding carboxylic acids is 1. The van der Waals surface area contributed by atoms with E-state index in [9.17, 15) is 17.6 Å². The zero-order valence-corrected chi connectivity index (χ0v) is 17.2. The maximum atomic E-state index is 14.5. The zero-order chi connectivity index (χ0) is 20.5. The van der Waals surface area contributed by atoms with E-state index in [0.717, 1.165) is 41.8 Å². The topological polar surface area (TPSA) is 57.7 Å². The molecule has 0 atom stereocenters. The Morgan fingerprint density at radius 2 is 1.89 bits per heavy atom. The quantitative estimate of drug-likeness (QED) is 0.762. The van der Waals surface area contributed by atoms with E-state index in [1.165, 1.54) is 10.4 Å². The van der Waals surface area contributed by atoms with Gasteiger partial charge >= 0.3 is 0 Å². The highest BCUT2D eigenvalue weighted by atomic mass is 32.2. The van der Waals surface area contributed by atoms with Crippen LogP contribution >= 0.6 is 0 Å². The number of hydrogen-bond donors (Lipinski definition) is 0. The van der Waals surface area contributed by atoms with Crippen LogP contribution in [0, 0.1) is 12.7 Å². The molecule has 150 valence electrons. The second-order valence-electron chi connectivity index (χ2n) is 6.87. The van der Waals surface area contributed by atoms with Crippen molar-refractivity contribution in [2.75, 3.05) is 24.5 Å². The highest BCUT2D eigenvalue weighted by molar-refractivity contribution is 7.89. The maximum absolute atomic E-state index is 14.5. The SMILES string of the molecule is CCN(CC)S(=O)(=O)c1ccc(F)c(C(=O)N2CCCc3cccc(C)c32)c1. The average molecular weight is 405 g/mol. The molecule has 0 bridgehead atoms. The standard InChI is InChI=1S/C21H25FN2O3S/c1-4-23(5-2)28(26,27)17-11-12-19(22)18(14-17)21(25)24-13-7-10-16-9-6-8-15(3)20(16)24/h6,8-9,11-12,14H,4-5,7,10,13H2,1-3H3. The molecule has 0 saturated heterocycles. The second-order valence-corrected chi connectivity index (χ2v) is 8.81. The van der Waals surface area contributed by atoms with Crippen molar-refractivity contribution >= 4 is 21.6 Å². The van der Waals surface area contributed by atoms with Gasteiger partial charge in [0.1, 0.15) is 5.82 Å². The lowest BCUT2D eigenvalue weighted by Gasteiger charge is -2.31. The molecule has 0 spiro atoms. The molecule has 28 heavy (non-hydrogen) atoms. The fraction of sp³-hybridized carbons (Fsp3) is 0.381. The van der Waals surface area contributed by atoms with Gasteiger partial charge in [-0.2, -0.15) is 4.31 Å². The third kappa shape index (κ3) is 3.56. The van der Waals surface area contributed by atoms with Gasteiger partial charge in [0.05, 0.1) is 16.1 Å². The molecule has 1 aliphatic heterocycles. The lowest BCUT2D eigenvalue weighted by Crippen LogP contribution is -2.37. The van der Waals surface area contributed by atoms with Crippen LogP contribution in [0.2, 0.25) is 0 Å². The van der Waals surface area contributed by atoms with Crippen LogP contribution in [0.3, 0.4) is 0 Å². The van der Waals surface area contributed by atoms with E-state index in [-0.39, 0.29) is 10.5 Å². The lowest BCUT2D eigenvalue weighted by atomic mass is 9.97. The fourth-order valence-corrected chi connectivity index (χ4v) is 5.22. The summed E-state index contributed by atoms with van der Waals surface area (Å²) in [5.41, 5.74) is 2.57. The predicted octanol–water partition coefficient (Wildman–Crippen LogP) is 3.76. The van der Waals surface area contributed by atoms with Gasteiger partial charge in [-0.25, -0.2) is 12.8 Å². The molecule has 0 saturated carbocycles. The van der Waals surface area contributed by atoms with E-state index in [2.05, 4.69) is 0 Å². The van der Waals surface area contributed by atoms with E-state index >= 15 is 0 Å². The second kappa shape index (κ2) is 8.01. The van der Waals surface area contributed by atoms with Crippen molar-refractivity contribution in [3.8, 4) is 0 Å². The van der Waals surface area contributed by atoms with Crippen LogP contribution in [0.1, 0.15) is 41.8 Å². The number of para-hydroxylation sites is 1. The van der Waals surface area contributed by atoms with Gasteiger partial charge in [0.25, 0.3) is 5.91 Å². The molecule has 0 fully saturated rings. The molecule has 3 rings (SSSR count). The molecule has 7 heteroatoms. The minimum absolute atomic E-state index is 0.0667. The lowest BCUT2D eigenvalue weighted by molar-refractivity contribution is 0.0981. The monoisotopic (exact) mass is 404 g/mol. The number of sulfonamides is 1. The molecule has 2 aromatic carbocycles. The molecule has 1 aliphatic rings. The molecular weight excluding hydrogens is 379 g/mol. The number of fused-ring (bicyclic) bond motifs is 1. The molecule has 0 radical (unpaired) electrons. The summed E-state index contributed by atoms with van der Waals surface area (Å²) in [7, 11) is -3.78. The number of rotatable bonds is 5. The Bertz CT molecular complexity index is 1000. The minimum Gasteiger partial charge on any atom is -0.308 e. The van der Waals surface area contributed by atoms with E-state index < -0.39 is 21.7 Å². The summed E-state index contributed by atoms with van der Waals surface area (Å²) in [5.74, 6) is -1.23. The van der Waals surface area contributed by atoms with Crippen LogP contribution in [0.5, 0.6) is 0 Å². The third-order valence-electron chi connectivity index (χ3n) is 5.18. The van der Waals surface area contributed by atoms with Crippen LogP contribution < -0.4 is 4.90 Å². The molecule has 2 aromatic rings. The number of halogens is 1. The predicted molar refractivity (Wildman–Crippen MR) is 108 cm³/mol. The Morgan fingerprint density at radius 3 is 2.57 bits per heavy atom. The van der Waals surface area contributed by atoms with Crippen LogP contribution in [-0.2, 0) is 16.4 Å². The average Bonchev–Trinajstić information content (AvgIpc) is 2.68. The summed E-state index contributed by atoms with van der Waals surface area (Å²) in [6, 6.07) is 9.28. The van der Waals surface area contributed by atoms with Crippen molar-refractivity contribution in [3.05, 3.63) is 58.9 Å². The number of nitrogens with zero attached hydrogens (tertiary/aromatic N) is 2. The summed E-state index contributed by atoms with van der Waals surface area (Å²) in [6.07, 6.45) is 1.64. The highest BCUT2D eigenvalue weighted by Gasteiger charge is 2.29. The van der Waals surface area contributed by atoms with Crippen LogP contribution in [0.25, 0.3) is 0 Å². The van der Waals surface area contributed by atoms with Gasteiger partial charge in [-0.3, -0.25) is 4.79 Å². The Balaban J connectivity index is 2.05. The van der Waals surface area contributed by atoms with Gasteiger partial charge in [-0.1, -0.05) is 32.0 Å².